The van der Waals surface area contributed by atoms with E-state index in [2.05, 4.69) is 31.4 Å². The van der Waals surface area contributed by atoms with E-state index < -0.39 is 8.32 Å². The first-order valence-corrected chi connectivity index (χ1v) is 8.88. The maximum absolute atomic E-state index is 5.39. The summed E-state index contributed by atoms with van der Waals surface area (Å²) >= 11 is 0. The van der Waals surface area contributed by atoms with Gasteiger partial charge in [-0.15, -0.1) is 5.16 Å². The van der Waals surface area contributed by atoms with Gasteiger partial charge in [0.2, 0.25) is 0 Å². The molecular formula is C13H19NO2Si. The Labute approximate surface area is 104 Å². The molecule has 0 aromatic heterocycles. The van der Waals surface area contributed by atoms with Gasteiger partial charge in [-0.3, -0.25) is 0 Å². The summed E-state index contributed by atoms with van der Waals surface area (Å²) in [6.07, 6.45) is 1.65. The summed E-state index contributed by atoms with van der Waals surface area (Å²) in [6, 6.07) is 7.69. The van der Waals surface area contributed by atoms with Crippen molar-refractivity contribution in [3.8, 4) is 5.75 Å². The highest BCUT2D eigenvalue weighted by molar-refractivity contribution is 6.69. The second kappa shape index (κ2) is 5.68. The zero-order chi connectivity index (χ0) is 12.9. The van der Waals surface area contributed by atoms with Crippen molar-refractivity contribution in [2.75, 3.05) is 7.11 Å². The van der Waals surface area contributed by atoms with Crippen LogP contribution in [0.25, 0.3) is 5.57 Å². The van der Waals surface area contributed by atoms with Crippen LogP contribution < -0.4 is 4.74 Å². The van der Waals surface area contributed by atoms with Crippen LogP contribution in [0.4, 0.5) is 0 Å². The molecule has 0 radical (unpaired) electrons. The largest absolute Gasteiger partial charge is 0.497 e. The highest BCUT2D eigenvalue weighted by atomic mass is 28.4. The van der Waals surface area contributed by atoms with E-state index in [9.17, 15) is 0 Å². The van der Waals surface area contributed by atoms with Crippen LogP contribution in [0, 0.1) is 0 Å². The number of ether oxygens (including phenoxy) is 1. The Bertz CT molecular complexity index is 404. The van der Waals surface area contributed by atoms with E-state index >= 15 is 0 Å². The Kier molecular flexibility index (Phi) is 4.51. The molecule has 0 fully saturated rings. The molecule has 0 saturated carbocycles. The lowest BCUT2D eigenvalue weighted by molar-refractivity contribution is 0.338. The van der Waals surface area contributed by atoms with E-state index in [1.807, 2.05) is 24.3 Å². The van der Waals surface area contributed by atoms with Gasteiger partial charge in [-0.2, -0.15) is 0 Å². The molecule has 0 heterocycles. The van der Waals surface area contributed by atoms with Gasteiger partial charge in [0.25, 0.3) is 8.32 Å². The molecule has 0 N–H and O–H groups in total. The van der Waals surface area contributed by atoms with Crippen molar-refractivity contribution in [2.45, 2.75) is 19.6 Å². The fourth-order valence-electron chi connectivity index (χ4n) is 1.13. The summed E-state index contributed by atoms with van der Waals surface area (Å²) in [6.45, 7) is 10.2. The first-order valence-electron chi connectivity index (χ1n) is 5.47. The molecule has 0 amide bonds. The van der Waals surface area contributed by atoms with Gasteiger partial charge in [-0.05, 0) is 42.9 Å². The minimum atomic E-state index is -1.60. The van der Waals surface area contributed by atoms with Gasteiger partial charge in [0.15, 0.2) is 0 Å². The number of methoxy groups -OCH3 is 1. The molecule has 1 rings (SSSR count). The number of hydrogen-bond acceptors (Lipinski definition) is 3. The van der Waals surface area contributed by atoms with Gasteiger partial charge in [0.05, 0.1) is 13.3 Å². The van der Waals surface area contributed by atoms with Gasteiger partial charge in [-0.1, -0.05) is 18.7 Å². The lowest BCUT2D eigenvalue weighted by atomic mass is 10.1. The van der Waals surface area contributed by atoms with Crippen LogP contribution in [0.2, 0.25) is 19.6 Å². The number of nitrogens with zero attached hydrogens (tertiary/aromatic N) is 1. The molecule has 0 aliphatic rings. The van der Waals surface area contributed by atoms with Crippen LogP contribution in [-0.2, 0) is 4.53 Å². The topological polar surface area (TPSA) is 30.8 Å². The first kappa shape index (κ1) is 13.5. The number of benzene rings is 1. The molecule has 0 bridgehead atoms. The van der Waals surface area contributed by atoms with Gasteiger partial charge < -0.3 is 9.26 Å². The molecule has 0 saturated heterocycles. The molecule has 1 aromatic rings. The van der Waals surface area contributed by atoms with Crippen LogP contribution >= 0.6 is 0 Å². The Morgan fingerprint density at radius 1 is 1.24 bits per heavy atom. The third-order valence-corrected chi connectivity index (χ3v) is 2.65. The fraction of sp³-hybridized carbons (Fsp3) is 0.308. The fourth-order valence-corrected chi connectivity index (χ4v) is 1.50. The predicted octanol–water partition coefficient (Wildman–Crippen LogP) is 3.55. The van der Waals surface area contributed by atoms with Crippen molar-refractivity contribution < 1.29 is 9.26 Å². The molecule has 92 valence electrons. The lowest BCUT2D eigenvalue weighted by Gasteiger charge is -2.12. The van der Waals surface area contributed by atoms with Crippen molar-refractivity contribution >= 4 is 20.1 Å². The van der Waals surface area contributed by atoms with Gasteiger partial charge in [0, 0.05) is 0 Å². The normalized spacial score (nSPS) is 11.5. The SMILES string of the molecule is C=C(/C=N/O[Si](C)(C)C)c1ccc(OC)cc1. The highest BCUT2D eigenvalue weighted by Gasteiger charge is 2.15. The van der Waals surface area contributed by atoms with Gasteiger partial charge in [0.1, 0.15) is 5.75 Å². The lowest BCUT2D eigenvalue weighted by Crippen LogP contribution is -2.22. The molecule has 0 atom stereocenters. The second-order valence-corrected chi connectivity index (χ2v) is 9.10. The van der Waals surface area contributed by atoms with E-state index in [0.29, 0.717) is 0 Å². The Morgan fingerprint density at radius 2 is 1.82 bits per heavy atom. The zero-order valence-corrected chi connectivity index (χ0v) is 11.9. The monoisotopic (exact) mass is 249 g/mol. The molecule has 4 heteroatoms. The minimum Gasteiger partial charge on any atom is -0.497 e. The van der Waals surface area contributed by atoms with E-state index in [-0.39, 0.29) is 0 Å². The van der Waals surface area contributed by atoms with Crippen LogP contribution in [0.15, 0.2) is 36.0 Å². The van der Waals surface area contributed by atoms with Crippen LogP contribution in [0.3, 0.4) is 0 Å². The molecule has 1 aromatic carbocycles. The molecule has 3 nitrogen and oxygen atoms in total. The average molecular weight is 249 g/mol. The summed E-state index contributed by atoms with van der Waals surface area (Å²) < 4.78 is 10.5. The van der Waals surface area contributed by atoms with Crippen molar-refractivity contribution in [3.63, 3.8) is 0 Å². The summed E-state index contributed by atoms with van der Waals surface area (Å²) in [7, 11) is 0.0472. The maximum atomic E-state index is 5.39. The third kappa shape index (κ3) is 4.87. The number of allylic oxidation sites excluding steroid dienone is 1. The van der Waals surface area contributed by atoms with Crippen LogP contribution in [0.1, 0.15) is 5.56 Å². The first-order chi connectivity index (χ1) is 7.92. The molecule has 0 aliphatic carbocycles. The van der Waals surface area contributed by atoms with E-state index in [4.69, 9.17) is 9.26 Å². The standard InChI is InChI=1S/C13H19NO2Si/c1-11(10-14-16-17(3,4)5)12-6-8-13(15-2)9-7-12/h6-10H,1H2,2-5H3/b14-10+. The van der Waals surface area contributed by atoms with E-state index in [1.165, 1.54) is 0 Å². The van der Waals surface area contributed by atoms with Crippen LogP contribution in [0.5, 0.6) is 5.75 Å². The zero-order valence-electron chi connectivity index (χ0n) is 10.9. The van der Waals surface area contributed by atoms with E-state index in [1.54, 1.807) is 13.3 Å². The van der Waals surface area contributed by atoms with Crippen molar-refractivity contribution in [1.29, 1.82) is 0 Å². The Hall–Kier alpha value is -1.55. The smallest absolute Gasteiger partial charge is 0.278 e. The predicted molar refractivity (Wildman–Crippen MR) is 75.0 cm³/mol. The number of oxime groups is 1. The van der Waals surface area contributed by atoms with E-state index in [0.717, 1.165) is 16.9 Å². The molecule has 0 aliphatic heterocycles. The Morgan fingerprint density at radius 3 is 2.29 bits per heavy atom. The molecular weight excluding hydrogens is 230 g/mol. The van der Waals surface area contributed by atoms with Gasteiger partial charge in [-0.25, -0.2) is 0 Å². The number of rotatable bonds is 5. The highest BCUT2D eigenvalue weighted by Crippen LogP contribution is 2.16. The van der Waals surface area contributed by atoms with Gasteiger partial charge >= 0.3 is 0 Å². The summed E-state index contributed by atoms with van der Waals surface area (Å²) in [5.74, 6) is 0.830. The molecule has 17 heavy (non-hydrogen) atoms. The molecule has 0 unspecified atom stereocenters. The second-order valence-electron chi connectivity index (χ2n) is 4.69. The maximum Gasteiger partial charge on any atom is 0.278 e. The number of hydrogen-bond donors (Lipinski definition) is 0. The van der Waals surface area contributed by atoms with Crippen molar-refractivity contribution in [3.05, 3.63) is 36.4 Å². The summed E-state index contributed by atoms with van der Waals surface area (Å²) in [5, 5.41) is 3.97. The average Bonchev–Trinajstić information content (AvgIpc) is 2.27. The van der Waals surface area contributed by atoms with Crippen molar-refractivity contribution in [2.24, 2.45) is 5.16 Å². The summed E-state index contributed by atoms with van der Waals surface area (Å²) in [5.41, 5.74) is 1.83. The minimum absolute atomic E-state index is 0.825. The quantitative estimate of drug-likeness (QED) is 0.454. The van der Waals surface area contributed by atoms with Crippen LogP contribution in [-0.4, -0.2) is 21.6 Å². The Balaban J connectivity index is 2.63. The summed E-state index contributed by atoms with van der Waals surface area (Å²) in [4.78, 5) is 0. The molecule has 0 spiro atoms. The third-order valence-electron chi connectivity index (χ3n) is 2.00. The van der Waals surface area contributed by atoms with Crippen molar-refractivity contribution in [1.82, 2.24) is 0 Å².